The van der Waals surface area contributed by atoms with Crippen molar-refractivity contribution in [2.75, 3.05) is 6.54 Å². The number of hydrogen-bond acceptors (Lipinski definition) is 3. The Morgan fingerprint density at radius 2 is 1.83 bits per heavy atom. The fourth-order valence-corrected chi connectivity index (χ4v) is 4.12. The zero-order valence-electron chi connectivity index (χ0n) is 15.5. The van der Waals surface area contributed by atoms with Crippen molar-refractivity contribution in [2.24, 2.45) is 11.8 Å². The minimum Gasteiger partial charge on any atom is -0.444 e. The van der Waals surface area contributed by atoms with Gasteiger partial charge in [0, 0.05) is 18.6 Å². The zero-order valence-corrected chi connectivity index (χ0v) is 15.5. The molecule has 2 fully saturated rings. The molecule has 2 rings (SSSR count). The molecule has 0 aliphatic heterocycles. The molecule has 0 bridgehead atoms. The standard InChI is InChI=1S/C19H36N2O2/c1-14-8-7-11-16(12-14)21-17(15-9-5-6-10-15)13-20-18(22)23-19(2,3)4/h14-17,21H,5-13H2,1-4H3,(H,20,22). The van der Waals surface area contributed by atoms with Gasteiger partial charge in [0.1, 0.15) is 5.60 Å². The second-order valence-corrected chi connectivity index (χ2v) is 8.67. The molecule has 0 radical (unpaired) electrons. The van der Waals surface area contributed by atoms with Crippen molar-refractivity contribution in [3.8, 4) is 0 Å². The highest BCUT2D eigenvalue weighted by atomic mass is 16.6. The predicted octanol–water partition coefficient (Wildman–Crippen LogP) is 4.24. The predicted molar refractivity (Wildman–Crippen MR) is 94.5 cm³/mol. The van der Waals surface area contributed by atoms with Crippen LogP contribution in [-0.4, -0.2) is 30.3 Å². The van der Waals surface area contributed by atoms with Crippen LogP contribution in [0, 0.1) is 11.8 Å². The Kier molecular flexibility index (Phi) is 6.75. The van der Waals surface area contributed by atoms with Gasteiger partial charge in [-0.1, -0.05) is 32.6 Å². The lowest BCUT2D eigenvalue weighted by atomic mass is 9.85. The van der Waals surface area contributed by atoms with Crippen molar-refractivity contribution < 1.29 is 9.53 Å². The maximum Gasteiger partial charge on any atom is 0.407 e. The molecular formula is C19H36N2O2. The molecule has 1 amide bonds. The lowest BCUT2D eigenvalue weighted by Gasteiger charge is -2.34. The van der Waals surface area contributed by atoms with Crippen molar-refractivity contribution in [1.82, 2.24) is 10.6 Å². The van der Waals surface area contributed by atoms with E-state index in [0.29, 0.717) is 24.5 Å². The smallest absolute Gasteiger partial charge is 0.407 e. The van der Waals surface area contributed by atoms with Crippen LogP contribution in [0.1, 0.15) is 79.1 Å². The summed E-state index contributed by atoms with van der Waals surface area (Å²) in [6.07, 6.45) is 10.2. The SMILES string of the molecule is CC1CCCC(NC(CNC(=O)OC(C)(C)C)C2CCCC2)C1. The first-order chi connectivity index (χ1) is 10.8. The topological polar surface area (TPSA) is 50.4 Å². The highest BCUT2D eigenvalue weighted by Crippen LogP contribution is 2.30. The van der Waals surface area contributed by atoms with E-state index in [0.717, 1.165) is 5.92 Å². The van der Waals surface area contributed by atoms with E-state index in [-0.39, 0.29) is 6.09 Å². The minimum atomic E-state index is -0.431. The number of rotatable bonds is 5. The molecular weight excluding hydrogens is 288 g/mol. The first kappa shape index (κ1) is 18.6. The van der Waals surface area contributed by atoms with E-state index in [1.807, 2.05) is 20.8 Å². The number of ether oxygens (including phenoxy) is 1. The van der Waals surface area contributed by atoms with Crippen LogP contribution < -0.4 is 10.6 Å². The summed E-state index contributed by atoms with van der Waals surface area (Å²) in [5.74, 6) is 1.52. The average molecular weight is 325 g/mol. The molecule has 134 valence electrons. The van der Waals surface area contributed by atoms with Crippen LogP contribution in [0.25, 0.3) is 0 Å². The number of amides is 1. The summed E-state index contributed by atoms with van der Waals surface area (Å²) in [6.45, 7) is 8.76. The van der Waals surface area contributed by atoms with Gasteiger partial charge < -0.3 is 15.4 Å². The molecule has 0 aromatic rings. The molecule has 0 heterocycles. The summed E-state index contributed by atoms with van der Waals surface area (Å²) < 4.78 is 5.38. The zero-order chi connectivity index (χ0) is 16.9. The number of carbonyl (C=O) groups excluding carboxylic acids is 1. The molecule has 3 atom stereocenters. The van der Waals surface area contributed by atoms with Crippen LogP contribution in [-0.2, 0) is 4.74 Å². The Balaban J connectivity index is 1.85. The van der Waals surface area contributed by atoms with E-state index >= 15 is 0 Å². The fraction of sp³-hybridized carbons (Fsp3) is 0.947. The van der Waals surface area contributed by atoms with Crippen molar-refractivity contribution in [3.63, 3.8) is 0 Å². The van der Waals surface area contributed by atoms with Gasteiger partial charge in [-0.15, -0.1) is 0 Å². The summed E-state index contributed by atoms with van der Waals surface area (Å²) in [6, 6.07) is 1.00. The summed E-state index contributed by atoms with van der Waals surface area (Å²) in [4.78, 5) is 12.0. The number of alkyl carbamates (subject to hydrolysis) is 1. The third-order valence-electron chi connectivity index (χ3n) is 5.22. The third kappa shape index (κ3) is 6.70. The number of nitrogens with one attached hydrogen (secondary N) is 2. The van der Waals surface area contributed by atoms with Crippen molar-refractivity contribution in [3.05, 3.63) is 0 Å². The summed E-state index contributed by atoms with van der Waals surface area (Å²) >= 11 is 0. The quantitative estimate of drug-likeness (QED) is 0.795. The Labute approximate surface area is 142 Å². The molecule has 4 heteroatoms. The minimum absolute atomic E-state index is 0.292. The van der Waals surface area contributed by atoms with E-state index in [4.69, 9.17) is 4.74 Å². The largest absolute Gasteiger partial charge is 0.444 e. The Morgan fingerprint density at radius 3 is 2.43 bits per heavy atom. The molecule has 2 N–H and O–H groups in total. The van der Waals surface area contributed by atoms with Gasteiger partial charge in [0.2, 0.25) is 0 Å². The highest BCUT2D eigenvalue weighted by molar-refractivity contribution is 5.67. The maximum atomic E-state index is 12.0. The van der Waals surface area contributed by atoms with Crippen LogP contribution in [0.3, 0.4) is 0 Å². The van der Waals surface area contributed by atoms with Gasteiger partial charge in [-0.3, -0.25) is 0 Å². The van der Waals surface area contributed by atoms with Gasteiger partial charge in [0.25, 0.3) is 0 Å². The van der Waals surface area contributed by atoms with Crippen LogP contribution in [0.2, 0.25) is 0 Å². The Hall–Kier alpha value is -0.770. The molecule has 0 saturated heterocycles. The molecule has 3 unspecified atom stereocenters. The maximum absolute atomic E-state index is 12.0. The van der Waals surface area contributed by atoms with E-state index < -0.39 is 5.60 Å². The molecule has 2 saturated carbocycles. The van der Waals surface area contributed by atoms with Gasteiger partial charge in [-0.2, -0.15) is 0 Å². The van der Waals surface area contributed by atoms with Gasteiger partial charge in [0.05, 0.1) is 0 Å². The van der Waals surface area contributed by atoms with E-state index in [1.54, 1.807) is 0 Å². The van der Waals surface area contributed by atoms with Crippen LogP contribution in [0.5, 0.6) is 0 Å². The van der Waals surface area contributed by atoms with E-state index in [1.165, 1.54) is 51.4 Å². The molecule has 0 aromatic carbocycles. The summed E-state index contributed by atoms with van der Waals surface area (Å²) in [7, 11) is 0. The van der Waals surface area contributed by atoms with Crippen molar-refractivity contribution >= 4 is 6.09 Å². The molecule has 2 aliphatic rings. The number of hydrogen-bond donors (Lipinski definition) is 2. The summed E-state index contributed by atoms with van der Waals surface area (Å²) in [5, 5.41) is 6.87. The molecule has 4 nitrogen and oxygen atoms in total. The second-order valence-electron chi connectivity index (χ2n) is 8.67. The Bertz CT molecular complexity index is 372. The molecule has 23 heavy (non-hydrogen) atoms. The normalized spacial score (nSPS) is 27.7. The van der Waals surface area contributed by atoms with Gasteiger partial charge in [-0.25, -0.2) is 4.79 Å². The van der Waals surface area contributed by atoms with Gasteiger partial charge >= 0.3 is 6.09 Å². The first-order valence-electron chi connectivity index (χ1n) is 9.56. The third-order valence-corrected chi connectivity index (χ3v) is 5.22. The fourth-order valence-electron chi connectivity index (χ4n) is 4.12. The molecule has 0 aromatic heterocycles. The van der Waals surface area contributed by atoms with E-state index in [2.05, 4.69) is 17.6 Å². The number of carbonyl (C=O) groups is 1. The lowest BCUT2D eigenvalue weighted by molar-refractivity contribution is 0.0515. The van der Waals surface area contributed by atoms with Gasteiger partial charge in [0.15, 0.2) is 0 Å². The van der Waals surface area contributed by atoms with Gasteiger partial charge in [-0.05, 0) is 58.3 Å². The lowest BCUT2D eigenvalue weighted by Crippen LogP contribution is -2.50. The molecule has 2 aliphatic carbocycles. The Morgan fingerprint density at radius 1 is 1.13 bits per heavy atom. The monoisotopic (exact) mass is 324 g/mol. The second kappa shape index (κ2) is 8.36. The highest BCUT2D eigenvalue weighted by Gasteiger charge is 2.29. The van der Waals surface area contributed by atoms with Crippen LogP contribution in [0.15, 0.2) is 0 Å². The van der Waals surface area contributed by atoms with Crippen LogP contribution >= 0.6 is 0 Å². The summed E-state index contributed by atoms with van der Waals surface area (Å²) in [5.41, 5.74) is -0.431. The van der Waals surface area contributed by atoms with E-state index in [9.17, 15) is 4.79 Å². The molecule has 0 spiro atoms. The van der Waals surface area contributed by atoms with Crippen molar-refractivity contribution in [2.45, 2.75) is 96.7 Å². The average Bonchev–Trinajstić information content (AvgIpc) is 2.95. The van der Waals surface area contributed by atoms with Crippen molar-refractivity contribution in [1.29, 1.82) is 0 Å². The van der Waals surface area contributed by atoms with Crippen LogP contribution in [0.4, 0.5) is 4.79 Å². The first-order valence-corrected chi connectivity index (χ1v) is 9.56.